The van der Waals surface area contributed by atoms with E-state index in [4.69, 9.17) is 14.2 Å². The van der Waals surface area contributed by atoms with Crippen molar-refractivity contribution in [1.82, 2.24) is 5.32 Å². The number of carbonyl (C=O) groups excluding carboxylic acids is 2. The Morgan fingerprint density at radius 1 is 0.967 bits per heavy atom. The second kappa shape index (κ2) is 11.4. The van der Waals surface area contributed by atoms with E-state index in [2.05, 4.69) is 5.32 Å². The van der Waals surface area contributed by atoms with E-state index < -0.39 is 5.60 Å². The van der Waals surface area contributed by atoms with Crippen LogP contribution in [0.2, 0.25) is 0 Å². The summed E-state index contributed by atoms with van der Waals surface area (Å²) in [7, 11) is 1.38. The summed E-state index contributed by atoms with van der Waals surface area (Å²) in [6.45, 7) is 6.29. The van der Waals surface area contributed by atoms with E-state index in [9.17, 15) is 9.59 Å². The first-order chi connectivity index (χ1) is 14.3. The minimum atomic E-state index is -0.492. The Morgan fingerprint density at radius 2 is 1.63 bits per heavy atom. The van der Waals surface area contributed by atoms with E-state index in [1.54, 1.807) is 0 Å². The molecule has 0 bridgehead atoms. The summed E-state index contributed by atoms with van der Waals surface area (Å²) in [5.41, 5.74) is 1.42. The summed E-state index contributed by atoms with van der Waals surface area (Å²) in [6, 6.07) is 17.4. The van der Waals surface area contributed by atoms with Crippen molar-refractivity contribution in [3.05, 3.63) is 65.7 Å². The quantitative estimate of drug-likeness (QED) is 0.471. The number of hydrogen-bond donors (Lipinski definition) is 1. The van der Waals surface area contributed by atoms with Crippen molar-refractivity contribution in [2.45, 2.75) is 45.3 Å². The van der Waals surface area contributed by atoms with Crippen LogP contribution in [0.3, 0.4) is 0 Å². The van der Waals surface area contributed by atoms with Crippen molar-refractivity contribution in [1.29, 1.82) is 0 Å². The molecule has 0 aliphatic heterocycles. The van der Waals surface area contributed by atoms with Crippen molar-refractivity contribution in [2.75, 3.05) is 20.2 Å². The number of rotatable bonds is 10. The fourth-order valence-electron chi connectivity index (χ4n) is 2.85. The van der Waals surface area contributed by atoms with Gasteiger partial charge in [-0.25, -0.2) is 0 Å². The summed E-state index contributed by atoms with van der Waals surface area (Å²) in [5.74, 6) is 0.160. The zero-order valence-electron chi connectivity index (χ0n) is 18.1. The van der Waals surface area contributed by atoms with E-state index in [1.807, 2.05) is 75.4 Å². The van der Waals surface area contributed by atoms with Crippen LogP contribution in [0.15, 0.2) is 54.6 Å². The van der Waals surface area contributed by atoms with Crippen LogP contribution < -0.4 is 10.1 Å². The number of carbonyl (C=O) groups is 2. The van der Waals surface area contributed by atoms with Crippen molar-refractivity contribution in [3.63, 3.8) is 0 Å². The highest BCUT2D eigenvalue weighted by Gasteiger charge is 2.17. The zero-order valence-corrected chi connectivity index (χ0v) is 18.1. The summed E-state index contributed by atoms with van der Waals surface area (Å²) >= 11 is 0. The van der Waals surface area contributed by atoms with Crippen LogP contribution in [0.5, 0.6) is 5.75 Å². The summed E-state index contributed by atoms with van der Waals surface area (Å²) in [6.07, 6.45) is 0.730. The normalized spacial score (nSPS) is 12.1. The molecule has 0 radical (unpaired) electrons. The average molecular weight is 414 g/mol. The third kappa shape index (κ3) is 8.66. The summed E-state index contributed by atoms with van der Waals surface area (Å²) in [4.78, 5) is 23.3. The first-order valence-corrected chi connectivity index (χ1v) is 10.1. The van der Waals surface area contributed by atoms with Gasteiger partial charge in [0.15, 0.2) is 0 Å². The molecule has 0 amide bonds. The van der Waals surface area contributed by atoms with Gasteiger partial charge in [-0.3, -0.25) is 9.59 Å². The summed E-state index contributed by atoms with van der Waals surface area (Å²) < 4.78 is 16.2. The van der Waals surface area contributed by atoms with Gasteiger partial charge >= 0.3 is 11.9 Å². The Hall–Kier alpha value is -2.86. The Kier molecular flexibility index (Phi) is 8.87. The van der Waals surface area contributed by atoms with Crippen LogP contribution in [-0.4, -0.2) is 37.7 Å². The minimum absolute atomic E-state index is 0.154. The number of nitrogens with one attached hydrogen (secondary N) is 1. The minimum Gasteiger partial charge on any atom is -0.486 e. The van der Waals surface area contributed by atoms with Gasteiger partial charge in [-0.05, 0) is 50.6 Å². The molecule has 0 saturated carbocycles. The first-order valence-electron chi connectivity index (χ1n) is 10.1. The number of hydrogen-bond acceptors (Lipinski definition) is 6. The molecule has 0 heterocycles. The maximum Gasteiger partial charge on any atom is 0.320 e. The van der Waals surface area contributed by atoms with Crippen LogP contribution in [0, 0.1) is 0 Å². The summed E-state index contributed by atoms with van der Waals surface area (Å²) in [5, 5.41) is 3.12. The van der Waals surface area contributed by atoms with Crippen molar-refractivity contribution < 1.29 is 23.8 Å². The molecule has 0 aromatic heterocycles. The molecule has 0 aliphatic rings. The van der Waals surface area contributed by atoms with Crippen LogP contribution in [-0.2, 0) is 25.5 Å². The lowest BCUT2D eigenvalue weighted by molar-refractivity contribution is -0.153. The van der Waals surface area contributed by atoms with Crippen LogP contribution >= 0.6 is 0 Å². The van der Waals surface area contributed by atoms with E-state index in [0.717, 1.165) is 11.1 Å². The second-order valence-electron chi connectivity index (χ2n) is 7.97. The lowest BCUT2D eigenvalue weighted by Gasteiger charge is -2.21. The van der Waals surface area contributed by atoms with Gasteiger partial charge in [-0.1, -0.05) is 42.5 Å². The molecule has 6 nitrogen and oxygen atoms in total. The van der Waals surface area contributed by atoms with Gasteiger partial charge < -0.3 is 19.5 Å². The number of ether oxygens (including phenoxy) is 3. The molecule has 0 saturated heterocycles. The maximum absolute atomic E-state index is 11.8. The fourth-order valence-corrected chi connectivity index (χ4v) is 2.85. The highest BCUT2D eigenvalue weighted by molar-refractivity contribution is 5.72. The van der Waals surface area contributed by atoms with Gasteiger partial charge in [0.2, 0.25) is 0 Å². The van der Waals surface area contributed by atoms with Gasteiger partial charge in [-0.15, -0.1) is 0 Å². The zero-order chi connectivity index (χ0) is 22.0. The molecule has 2 rings (SSSR count). The average Bonchev–Trinajstić information content (AvgIpc) is 2.70. The molecule has 30 heavy (non-hydrogen) atoms. The highest BCUT2D eigenvalue weighted by Crippen LogP contribution is 2.25. The predicted molar refractivity (Wildman–Crippen MR) is 115 cm³/mol. The van der Waals surface area contributed by atoms with E-state index in [0.29, 0.717) is 18.7 Å². The standard InChI is InChI=1S/C24H31NO5/c1-24(2,3)30-23(27)17-25-15-14-21(19-8-6-5-7-9-19)29-20-12-10-18(11-13-20)16-22(26)28-4/h5-13,21,25H,14-17H2,1-4H3/t21-/m1/s1. The topological polar surface area (TPSA) is 73.9 Å². The Morgan fingerprint density at radius 3 is 2.23 bits per heavy atom. The van der Waals surface area contributed by atoms with Gasteiger partial charge in [0.1, 0.15) is 17.5 Å². The molecule has 1 atom stereocenters. The molecule has 0 unspecified atom stereocenters. The molecular formula is C24H31NO5. The third-order valence-corrected chi connectivity index (χ3v) is 4.22. The van der Waals surface area contributed by atoms with Gasteiger partial charge in [0.25, 0.3) is 0 Å². The number of benzene rings is 2. The van der Waals surface area contributed by atoms with E-state index >= 15 is 0 Å². The van der Waals surface area contributed by atoms with Crippen molar-refractivity contribution in [3.8, 4) is 5.75 Å². The van der Waals surface area contributed by atoms with Gasteiger partial charge in [0.05, 0.1) is 20.1 Å². The second-order valence-corrected chi connectivity index (χ2v) is 7.97. The third-order valence-electron chi connectivity index (χ3n) is 4.22. The lowest BCUT2D eigenvalue weighted by Crippen LogP contribution is -2.32. The molecule has 162 valence electrons. The van der Waals surface area contributed by atoms with Gasteiger partial charge in [-0.2, -0.15) is 0 Å². The lowest BCUT2D eigenvalue weighted by atomic mass is 10.1. The molecular weight excluding hydrogens is 382 g/mol. The Labute approximate surface area is 178 Å². The van der Waals surface area contributed by atoms with Crippen LogP contribution in [0.4, 0.5) is 0 Å². The molecule has 0 aliphatic carbocycles. The first kappa shape index (κ1) is 23.4. The molecule has 1 N–H and O–H groups in total. The molecule has 0 spiro atoms. The number of esters is 2. The van der Waals surface area contributed by atoms with Gasteiger partial charge in [0, 0.05) is 6.42 Å². The maximum atomic E-state index is 11.8. The monoisotopic (exact) mass is 413 g/mol. The SMILES string of the molecule is COC(=O)Cc1ccc(O[C@H](CCNCC(=O)OC(C)(C)C)c2ccccc2)cc1. The van der Waals surface area contributed by atoms with Crippen LogP contribution in [0.1, 0.15) is 44.4 Å². The smallest absolute Gasteiger partial charge is 0.320 e. The fraction of sp³-hybridized carbons (Fsp3) is 0.417. The molecule has 6 heteroatoms. The van der Waals surface area contributed by atoms with Crippen LogP contribution in [0.25, 0.3) is 0 Å². The molecule has 0 fully saturated rings. The highest BCUT2D eigenvalue weighted by atomic mass is 16.6. The van der Waals surface area contributed by atoms with E-state index in [-0.39, 0.29) is 31.0 Å². The Bertz CT molecular complexity index is 797. The van der Waals surface area contributed by atoms with Crippen molar-refractivity contribution >= 4 is 11.9 Å². The Balaban J connectivity index is 1.94. The predicted octanol–water partition coefficient (Wildman–Crippen LogP) is 3.84. The van der Waals surface area contributed by atoms with E-state index in [1.165, 1.54) is 7.11 Å². The largest absolute Gasteiger partial charge is 0.486 e. The molecule has 2 aromatic carbocycles. The van der Waals surface area contributed by atoms with Crippen molar-refractivity contribution in [2.24, 2.45) is 0 Å². The number of methoxy groups -OCH3 is 1. The molecule has 2 aromatic rings.